The second kappa shape index (κ2) is 10.7. The van der Waals surface area contributed by atoms with Crippen molar-refractivity contribution in [2.24, 2.45) is 0 Å². The van der Waals surface area contributed by atoms with Gasteiger partial charge in [0.05, 0.1) is 7.11 Å². The summed E-state index contributed by atoms with van der Waals surface area (Å²) in [6, 6.07) is 24.4. The number of benzene rings is 3. The predicted octanol–water partition coefficient (Wildman–Crippen LogP) is 3.85. The number of carbonyl (C=O) groups is 2. The van der Waals surface area contributed by atoms with Gasteiger partial charge in [-0.1, -0.05) is 54.6 Å². The molecule has 0 unspecified atom stereocenters. The number of carbonyl (C=O) groups excluding carboxylic acids is 2. The van der Waals surface area contributed by atoms with E-state index in [1.807, 2.05) is 48.5 Å². The van der Waals surface area contributed by atoms with Gasteiger partial charge >= 0.3 is 5.97 Å². The molecular formula is C24H23NO5. The van der Waals surface area contributed by atoms with Crippen molar-refractivity contribution >= 4 is 17.6 Å². The van der Waals surface area contributed by atoms with E-state index in [0.29, 0.717) is 23.6 Å². The molecule has 0 aromatic heterocycles. The molecule has 0 fully saturated rings. The summed E-state index contributed by atoms with van der Waals surface area (Å²) >= 11 is 0. The Kier molecular flexibility index (Phi) is 7.44. The molecule has 0 saturated carbocycles. The molecule has 0 atom stereocenters. The molecule has 0 aliphatic rings. The number of methoxy groups -OCH3 is 1. The third-order valence-electron chi connectivity index (χ3n) is 4.27. The third kappa shape index (κ3) is 6.38. The van der Waals surface area contributed by atoms with Crippen LogP contribution in [0.2, 0.25) is 0 Å². The lowest BCUT2D eigenvalue weighted by molar-refractivity contribution is -0.149. The standard InChI is InChI=1S/C24H23NO5/c1-28-21-12-7-11-20(15-21)25-23(26)16-30-24(27)17-29-22-13-6-5-10-19(22)14-18-8-3-2-4-9-18/h2-13,15H,14,16-17H2,1H3,(H,25,26). The van der Waals surface area contributed by atoms with Crippen LogP contribution in [0.5, 0.6) is 11.5 Å². The Balaban J connectivity index is 1.47. The highest BCUT2D eigenvalue weighted by Crippen LogP contribution is 2.21. The van der Waals surface area contributed by atoms with E-state index in [1.165, 1.54) is 0 Å². The molecule has 3 aromatic carbocycles. The molecule has 154 valence electrons. The van der Waals surface area contributed by atoms with Crippen molar-refractivity contribution in [1.82, 2.24) is 0 Å². The Morgan fingerprint density at radius 3 is 2.43 bits per heavy atom. The molecule has 6 heteroatoms. The summed E-state index contributed by atoms with van der Waals surface area (Å²) in [5, 5.41) is 2.65. The van der Waals surface area contributed by atoms with E-state index >= 15 is 0 Å². The largest absolute Gasteiger partial charge is 0.497 e. The minimum atomic E-state index is -0.620. The van der Waals surface area contributed by atoms with E-state index in [-0.39, 0.29) is 6.61 Å². The smallest absolute Gasteiger partial charge is 0.344 e. The third-order valence-corrected chi connectivity index (χ3v) is 4.27. The van der Waals surface area contributed by atoms with Crippen LogP contribution < -0.4 is 14.8 Å². The van der Waals surface area contributed by atoms with Crippen LogP contribution in [-0.2, 0) is 20.7 Å². The zero-order valence-electron chi connectivity index (χ0n) is 16.7. The van der Waals surface area contributed by atoms with E-state index in [9.17, 15) is 9.59 Å². The van der Waals surface area contributed by atoms with Crippen molar-refractivity contribution in [1.29, 1.82) is 0 Å². The highest BCUT2D eigenvalue weighted by molar-refractivity contribution is 5.93. The van der Waals surface area contributed by atoms with Crippen LogP contribution in [0.15, 0.2) is 78.9 Å². The second-order valence-electron chi connectivity index (χ2n) is 6.50. The molecule has 0 heterocycles. The molecule has 6 nitrogen and oxygen atoms in total. The highest BCUT2D eigenvalue weighted by atomic mass is 16.6. The first-order valence-corrected chi connectivity index (χ1v) is 9.48. The van der Waals surface area contributed by atoms with Crippen LogP contribution in [0.1, 0.15) is 11.1 Å². The van der Waals surface area contributed by atoms with Crippen LogP contribution in [0.4, 0.5) is 5.69 Å². The number of para-hydroxylation sites is 1. The number of amides is 1. The lowest BCUT2D eigenvalue weighted by atomic mass is 10.0. The Labute approximate surface area is 175 Å². The summed E-state index contributed by atoms with van der Waals surface area (Å²) in [7, 11) is 1.54. The van der Waals surface area contributed by atoms with Crippen LogP contribution in [0.25, 0.3) is 0 Å². The number of ether oxygens (including phenoxy) is 3. The van der Waals surface area contributed by atoms with Crippen LogP contribution in [-0.4, -0.2) is 32.2 Å². The molecule has 1 amide bonds. The zero-order chi connectivity index (χ0) is 21.2. The first-order valence-electron chi connectivity index (χ1n) is 9.48. The number of nitrogens with one attached hydrogen (secondary N) is 1. The maximum Gasteiger partial charge on any atom is 0.344 e. The maximum atomic E-state index is 12.0. The quantitative estimate of drug-likeness (QED) is 0.548. The molecule has 0 bridgehead atoms. The number of hydrogen-bond acceptors (Lipinski definition) is 5. The summed E-state index contributed by atoms with van der Waals surface area (Å²) in [5.41, 5.74) is 2.67. The topological polar surface area (TPSA) is 73.9 Å². The van der Waals surface area contributed by atoms with Gasteiger partial charge in [0.2, 0.25) is 0 Å². The summed E-state index contributed by atoms with van der Waals surface area (Å²) < 4.78 is 15.7. The average molecular weight is 405 g/mol. The van der Waals surface area contributed by atoms with Gasteiger partial charge < -0.3 is 19.5 Å². The minimum absolute atomic E-state index is 0.280. The van der Waals surface area contributed by atoms with E-state index in [1.54, 1.807) is 37.4 Å². The van der Waals surface area contributed by atoms with Gasteiger partial charge in [0.25, 0.3) is 5.91 Å². The average Bonchev–Trinajstić information content (AvgIpc) is 2.78. The fourth-order valence-electron chi connectivity index (χ4n) is 2.83. The highest BCUT2D eigenvalue weighted by Gasteiger charge is 2.11. The van der Waals surface area contributed by atoms with E-state index in [4.69, 9.17) is 14.2 Å². The number of rotatable bonds is 9. The summed E-state index contributed by atoms with van der Waals surface area (Å²) in [6.07, 6.45) is 0.689. The molecule has 3 aromatic rings. The number of hydrogen-bond donors (Lipinski definition) is 1. The van der Waals surface area contributed by atoms with E-state index < -0.39 is 18.5 Å². The van der Waals surface area contributed by atoms with Crippen LogP contribution >= 0.6 is 0 Å². The van der Waals surface area contributed by atoms with Crippen molar-refractivity contribution < 1.29 is 23.8 Å². The molecule has 0 spiro atoms. The maximum absolute atomic E-state index is 12.0. The minimum Gasteiger partial charge on any atom is -0.497 e. The van der Waals surface area contributed by atoms with Gasteiger partial charge in [-0.05, 0) is 29.3 Å². The molecule has 3 rings (SSSR count). The molecule has 0 aliphatic carbocycles. The van der Waals surface area contributed by atoms with E-state index in [2.05, 4.69) is 5.32 Å². The van der Waals surface area contributed by atoms with Gasteiger partial charge in [-0.15, -0.1) is 0 Å². The van der Waals surface area contributed by atoms with Gasteiger partial charge in [-0.3, -0.25) is 4.79 Å². The van der Waals surface area contributed by atoms with Crippen molar-refractivity contribution in [3.8, 4) is 11.5 Å². The van der Waals surface area contributed by atoms with Crippen molar-refractivity contribution in [2.45, 2.75) is 6.42 Å². The number of anilines is 1. The van der Waals surface area contributed by atoms with Crippen LogP contribution in [0.3, 0.4) is 0 Å². The number of esters is 1. The van der Waals surface area contributed by atoms with Crippen molar-refractivity contribution in [3.63, 3.8) is 0 Å². The fourth-order valence-corrected chi connectivity index (χ4v) is 2.83. The Morgan fingerprint density at radius 1 is 0.867 bits per heavy atom. The van der Waals surface area contributed by atoms with Gasteiger partial charge in [0.1, 0.15) is 11.5 Å². The van der Waals surface area contributed by atoms with Gasteiger partial charge in [0, 0.05) is 18.2 Å². The first-order chi connectivity index (χ1) is 14.6. The molecule has 0 saturated heterocycles. The zero-order valence-corrected chi connectivity index (χ0v) is 16.7. The lowest BCUT2D eigenvalue weighted by Gasteiger charge is -2.12. The van der Waals surface area contributed by atoms with Gasteiger partial charge in [-0.25, -0.2) is 4.79 Å². The molecule has 0 radical (unpaired) electrons. The van der Waals surface area contributed by atoms with Gasteiger partial charge in [0.15, 0.2) is 13.2 Å². The Hall–Kier alpha value is -3.80. The summed E-state index contributed by atoms with van der Waals surface area (Å²) in [5.74, 6) is 0.165. The monoisotopic (exact) mass is 405 g/mol. The fraction of sp³-hybridized carbons (Fsp3) is 0.167. The SMILES string of the molecule is COc1cccc(NC(=O)COC(=O)COc2ccccc2Cc2ccccc2)c1. The Bertz CT molecular complexity index is 988. The van der Waals surface area contributed by atoms with Crippen LogP contribution in [0, 0.1) is 0 Å². The lowest BCUT2D eigenvalue weighted by Crippen LogP contribution is -2.23. The molecule has 1 N–H and O–H groups in total. The van der Waals surface area contributed by atoms with Crippen molar-refractivity contribution in [3.05, 3.63) is 90.0 Å². The summed E-state index contributed by atoms with van der Waals surface area (Å²) in [4.78, 5) is 24.0. The Morgan fingerprint density at radius 2 is 1.63 bits per heavy atom. The predicted molar refractivity (Wildman–Crippen MR) is 114 cm³/mol. The second-order valence-corrected chi connectivity index (χ2v) is 6.50. The molecular weight excluding hydrogens is 382 g/mol. The first kappa shape index (κ1) is 20.9. The van der Waals surface area contributed by atoms with Gasteiger partial charge in [-0.2, -0.15) is 0 Å². The van der Waals surface area contributed by atoms with E-state index in [0.717, 1.165) is 11.1 Å². The molecule has 30 heavy (non-hydrogen) atoms. The molecule has 0 aliphatic heterocycles. The van der Waals surface area contributed by atoms with Crippen molar-refractivity contribution in [2.75, 3.05) is 25.6 Å². The summed E-state index contributed by atoms with van der Waals surface area (Å²) in [6.45, 7) is -0.677. The normalized spacial score (nSPS) is 10.2.